The highest BCUT2D eigenvalue weighted by molar-refractivity contribution is 5.93. The average Bonchev–Trinajstić information content (AvgIpc) is 2.69. The second-order valence-corrected chi connectivity index (χ2v) is 4.65. The molecule has 1 amide bonds. The summed E-state index contributed by atoms with van der Waals surface area (Å²) in [5, 5.41) is 0. The minimum absolute atomic E-state index is 0. The van der Waals surface area contributed by atoms with Crippen LogP contribution in [0, 0.1) is 0 Å². The summed E-state index contributed by atoms with van der Waals surface area (Å²) in [6, 6.07) is 5.85. The number of likely N-dealkylation sites (tertiary alicyclic amines) is 1. The fraction of sp³-hybridized carbons (Fsp3) is 0.538. The number of aromatic nitrogens is 1. The van der Waals surface area contributed by atoms with Crippen molar-refractivity contribution < 1.29 is 4.79 Å². The summed E-state index contributed by atoms with van der Waals surface area (Å²) >= 11 is 0. The van der Waals surface area contributed by atoms with E-state index in [0.29, 0.717) is 23.6 Å². The van der Waals surface area contributed by atoms with Gasteiger partial charge < -0.3 is 10.6 Å². The first-order valence-electron chi connectivity index (χ1n) is 6.18. The number of pyridine rings is 1. The van der Waals surface area contributed by atoms with Gasteiger partial charge in [0.05, 0.1) is 0 Å². The van der Waals surface area contributed by atoms with Crippen molar-refractivity contribution in [1.29, 1.82) is 0 Å². The number of nitrogens with zero attached hydrogens (tertiary/aromatic N) is 2. The first kappa shape index (κ1) is 14.8. The molecule has 0 bridgehead atoms. The third kappa shape index (κ3) is 2.75. The van der Waals surface area contributed by atoms with Crippen LogP contribution in [0.25, 0.3) is 0 Å². The van der Waals surface area contributed by atoms with Gasteiger partial charge in [0.15, 0.2) is 0 Å². The van der Waals surface area contributed by atoms with Crippen LogP contribution in [0.4, 0.5) is 5.82 Å². The Hall–Kier alpha value is -1.29. The molecule has 0 aromatic carbocycles. The number of nitrogens with two attached hydrogens (primary N) is 1. The van der Waals surface area contributed by atoms with Gasteiger partial charge in [-0.05, 0) is 38.3 Å². The molecule has 2 unspecified atom stereocenters. The number of halogens is 1. The van der Waals surface area contributed by atoms with Crippen LogP contribution in [0.3, 0.4) is 0 Å². The van der Waals surface area contributed by atoms with Crippen LogP contribution >= 0.6 is 12.4 Å². The maximum atomic E-state index is 12.4. The summed E-state index contributed by atoms with van der Waals surface area (Å²) in [5.74, 6) is 0.407. The lowest BCUT2D eigenvalue weighted by Crippen LogP contribution is -2.40. The average molecular weight is 270 g/mol. The topological polar surface area (TPSA) is 59.2 Å². The third-order valence-electron chi connectivity index (χ3n) is 3.48. The lowest BCUT2D eigenvalue weighted by Gasteiger charge is -2.27. The Kier molecular flexibility index (Phi) is 4.96. The van der Waals surface area contributed by atoms with Crippen molar-refractivity contribution in [3.63, 3.8) is 0 Å². The first-order chi connectivity index (χ1) is 8.13. The van der Waals surface area contributed by atoms with E-state index in [2.05, 4.69) is 18.8 Å². The molecule has 100 valence electrons. The molecule has 1 fully saturated rings. The van der Waals surface area contributed by atoms with E-state index in [0.717, 1.165) is 19.3 Å². The zero-order valence-electron chi connectivity index (χ0n) is 10.8. The Morgan fingerprint density at radius 1 is 1.50 bits per heavy atom. The highest BCUT2D eigenvalue weighted by Gasteiger charge is 2.34. The number of rotatable bonds is 2. The summed E-state index contributed by atoms with van der Waals surface area (Å²) in [6.45, 7) is 4.22. The maximum absolute atomic E-state index is 12.4. The van der Waals surface area contributed by atoms with Crippen LogP contribution < -0.4 is 5.73 Å². The van der Waals surface area contributed by atoms with E-state index >= 15 is 0 Å². The summed E-state index contributed by atoms with van der Waals surface area (Å²) in [6.07, 6.45) is 3.16. The predicted molar refractivity (Wildman–Crippen MR) is 74.8 cm³/mol. The number of amides is 1. The van der Waals surface area contributed by atoms with E-state index in [9.17, 15) is 4.79 Å². The molecule has 1 aromatic rings. The van der Waals surface area contributed by atoms with E-state index in [-0.39, 0.29) is 18.3 Å². The van der Waals surface area contributed by atoms with Gasteiger partial charge in [-0.25, -0.2) is 4.98 Å². The van der Waals surface area contributed by atoms with Crippen LogP contribution in [-0.2, 0) is 0 Å². The van der Waals surface area contributed by atoms with Crippen molar-refractivity contribution >= 4 is 24.1 Å². The molecule has 1 aliphatic rings. The fourth-order valence-corrected chi connectivity index (χ4v) is 2.54. The molecule has 0 spiro atoms. The van der Waals surface area contributed by atoms with E-state index in [1.807, 2.05) is 4.90 Å². The van der Waals surface area contributed by atoms with Crippen molar-refractivity contribution in [2.45, 2.75) is 45.2 Å². The monoisotopic (exact) mass is 269 g/mol. The Morgan fingerprint density at radius 2 is 2.22 bits per heavy atom. The number of carbonyl (C=O) groups excluding carboxylic acids is 1. The molecule has 4 nitrogen and oxygen atoms in total. The van der Waals surface area contributed by atoms with Crippen LogP contribution in [0.2, 0.25) is 0 Å². The highest BCUT2D eigenvalue weighted by atomic mass is 35.5. The van der Waals surface area contributed by atoms with Gasteiger partial charge in [-0.2, -0.15) is 0 Å². The SMILES string of the molecule is CCC1CCC(C)N1C(=O)c1cccc(N)n1.Cl. The quantitative estimate of drug-likeness (QED) is 0.897. The van der Waals surface area contributed by atoms with Crippen LogP contribution in [0.5, 0.6) is 0 Å². The van der Waals surface area contributed by atoms with Crippen LogP contribution in [0.1, 0.15) is 43.6 Å². The number of hydrogen-bond acceptors (Lipinski definition) is 3. The molecule has 18 heavy (non-hydrogen) atoms. The van der Waals surface area contributed by atoms with Crippen LogP contribution in [0.15, 0.2) is 18.2 Å². The molecular weight excluding hydrogens is 250 g/mol. The van der Waals surface area contributed by atoms with Gasteiger partial charge >= 0.3 is 0 Å². The molecule has 1 saturated heterocycles. The molecule has 2 atom stereocenters. The zero-order chi connectivity index (χ0) is 12.4. The van der Waals surface area contributed by atoms with E-state index in [1.54, 1.807) is 18.2 Å². The lowest BCUT2D eigenvalue weighted by atomic mass is 10.1. The molecule has 0 radical (unpaired) electrons. The number of hydrogen-bond donors (Lipinski definition) is 1. The Bertz CT molecular complexity index is 424. The van der Waals surface area contributed by atoms with Gasteiger partial charge in [-0.15, -0.1) is 12.4 Å². The highest BCUT2D eigenvalue weighted by Crippen LogP contribution is 2.27. The molecule has 0 saturated carbocycles. The van der Waals surface area contributed by atoms with Crippen molar-refractivity contribution in [3.05, 3.63) is 23.9 Å². The number of nitrogen functional groups attached to an aromatic ring is 1. The Morgan fingerprint density at radius 3 is 2.83 bits per heavy atom. The smallest absolute Gasteiger partial charge is 0.273 e. The largest absolute Gasteiger partial charge is 0.384 e. The molecular formula is C13H20ClN3O. The van der Waals surface area contributed by atoms with Gasteiger partial charge in [0, 0.05) is 12.1 Å². The predicted octanol–water partition coefficient (Wildman–Crippen LogP) is 2.49. The minimum atomic E-state index is 0. The van der Waals surface area contributed by atoms with Crippen molar-refractivity contribution in [2.24, 2.45) is 0 Å². The van der Waals surface area contributed by atoms with Crippen molar-refractivity contribution in [2.75, 3.05) is 5.73 Å². The third-order valence-corrected chi connectivity index (χ3v) is 3.48. The van der Waals surface area contributed by atoms with Gasteiger partial charge in [0.25, 0.3) is 5.91 Å². The summed E-state index contributed by atoms with van der Waals surface area (Å²) < 4.78 is 0. The summed E-state index contributed by atoms with van der Waals surface area (Å²) in [4.78, 5) is 18.5. The normalized spacial score (nSPS) is 22.7. The van der Waals surface area contributed by atoms with Gasteiger partial charge in [0.1, 0.15) is 11.5 Å². The van der Waals surface area contributed by atoms with Crippen molar-refractivity contribution in [1.82, 2.24) is 9.88 Å². The fourth-order valence-electron chi connectivity index (χ4n) is 2.54. The van der Waals surface area contributed by atoms with Gasteiger partial charge in [-0.1, -0.05) is 13.0 Å². The van der Waals surface area contributed by atoms with E-state index in [4.69, 9.17) is 5.73 Å². The molecule has 5 heteroatoms. The van der Waals surface area contributed by atoms with Crippen LogP contribution in [-0.4, -0.2) is 27.9 Å². The Balaban J connectivity index is 0.00000162. The maximum Gasteiger partial charge on any atom is 0.273 e. The Labute approximate surface area is 114 Å². The minimum Gasteiger partial charge on any atom is -0.384 e. The second kappa shape index (κ2) is 6.05. The summed E-state index contributed by atoms with van der Waals surface area (Å²) in [5.41, 5.74) is 6.07. The first-order valence-corrected chi connectivity index (χ1v) is 6.18. The molecule has 2 N–H and O–H groups in total. The molecule has 1 aromatic heterocycles. The molecule has 0 aliphatic carbocycles. The zero-order valence-corrected chi connectivity index (χ0v) is 11.6. The van der Waals surface area contributed by atoms with Crippen molar-refractivity contribution in [3.8, 4) is 0 Å². The number of carbonyl (C=O) groups is 1. The molecule has 2 heterocycles. The second-order valence-electron chi connectivity index (χ2n) is 4.65. The van der Waals surface area contributed by atoms with E-state index < -0.39 is 0 Å². The standard InChI is InChI=1S/C13H19N3O.ClH/c1-3-10-8-7-9(2)16(10)13(17)11-5-4-6-12(14)15-11;/h4-6,9-10H,3,7-8H2,1-2H3,(H2,14,15);1H. The number of anilines is 1. The molecule has 1 aliphatic heterocycles. The van der Waals surface area contributed by atoms with Gasteiger partial charge in [0.2, 0.25) is 0 Å². The lowest BCUT2D eigenvalue weighted by molar-refractivity contribution is 0.0670. The van der Waals surface area contributed by atoms with Gasteiger partial charge in [-0.3, -0.25) is 4.79 Å². The summed E-state index contributed by atoms with van der Waals surface area (Å²) in [7, 11) is 0. The van der Waals surface area contributed by atoms with E-state index in [1.165, 1.54) is 0 Å². The molecule has 2 rings (SSSR count).